The number of fused-ring (bicyclic) bond motifs is 6. The van der Waals surface area contributed by atoms with Crippen molar-refractivity contribution < 1.29 is 4.57 Å². The average molecular weight is 478 g/mol. The number of rotatable bonds is 4. The SMILES string of the molecule is CC[Si](CC)(CC)c1cc2cc[n+](C)c3c4c(C)c(C)c(C)c(C)c4n4c5ccccc5c1c4c23. The third-order valence-electron chi connectivity index (χ3n) is 9.75. The summed E-state index contributed by atoms with van der Waals surface area (Å²) in [5.41, 5.74) is 11.2. The van der Waals surface area contributed by atoms with Gasteiger partial charge >= 0.3 is 0 Å². The highest BCUT2D eigenvalue weighted by Crippen LogP contribution is 2.43. The molecule has 35 heavy (non-hydrogen) atoms. The van der Waals surface area contributed by atoms with Gasteiger partial charge < -0.3 is 4.40 Å². The first-order valence-electron chi connectivity index (χ1n) is 13.3. The summed E-state index contributed by atoms with van der Waals surface area (Å²) >= 11 is 0. The Morgan fingerprint density at radius 1 is 0.743 bits per heavy atom. The Hall–Kier alpha value is -2.91. The van der Waals surface area contributed by atoms with Gasteiger partial charge in [0.25, 0.3) is 0 Å². The number of aromatic nitrogens is 2. The highest BCUT2D eigenvalue weighted by Gasteiger charge is 2.35. The van der Waals surface area contributed by atoms with Crippen molar-refractivity contribution in [2.45, 2.75) is 66.6 Å². The van der Waals surface area contributed by atoms with Gasteiger partial charge in [0.05, 0.1) is 35.4 Å². The number of nitrogens with zero attached hydrogens (tertiary/aromatic N) is 2. The van der Waals surface area contributed by atoms with Crippen LogP contribution in [0.5, 0.6) is 0 Å². The lowest BCUT2D eigenvalue weighted by Gasteiger charge is -2.30. The van der Waals surface area contributed by atoms with Gasteiger partial charge in [0, 0.05) is 16.8 Å². The Balaban J connectivity index is 2.09. The molecular formula is C32H37N2Si+. The topological polar surface area (TPSA) is 8.29 Å². The number of pyridine rings is 2. The van der Waals surface area contributed by atoms with Crippen molar-refractivity contribution in [1.82, 2.24) is 4.40 Å². The number of para-hydroxylation sites is 1. The first kappa shape index (κ1) is 22.5. The second-order valence-corrected chi connectivity index (χ2v) is 16.0. The molecule has 0 aliphatic rings. The van der Waals surface area contributed by atoms with E-state index in [0.29, 0.717) is 0 Å². The summed E-state index contributed by atoms with van der Waals surface area (Å²) in [4.78, 5) is 0. The van der Waals surface area contributed by atoms with Crippen LogP contribution >= 0.6 is 0 Å². The molecule has 0 amide bonds. The lowest BCUT2D eigenvalue weighted by Crippen LogP contribution is -2.46. The zero-order chi connectivity index (χ0) is 24.8. The molecular weight excluding hydrogens is 440 g/mol. The van der Waals surface area contributed by atoms with E-state index in [2.05, 4.69) is 107 Å². The first-order chi connectivity index (χ1) is 16.8. The van der Waals surface area contributed by atoms with Gasteiger partial charge in [0.1, 0.15) is 7.05 Å². The van der Waals surface area contributed by atoms with Crippen LogP contribution in [0.2, 0.25) is 18.1 Å². The lowest BCUT2D eigenvalue weighted by molar-refractivity contribution is -0.643. The zero-order valence-corrected chi connectivity index (χ0v) is 23.6. The van der Waals surface area contributed by atoms with Crippen molar-refractivity contribution in [3.05, 3.63) is 64.8 Å². The van der Waals surface area contributed by atoms with Gasteiger partial charge in [0.15, 0.2) is 6.20 Å². The molecule has 2 nitrogen and oxygen atoms in total. The Morgan fingerprint density at radius 2 is 1.40 bits per heavy atom. The molecule has 0 aliphatic heterocycles. The maximum absolute atomic E-state index is 2.65. The molecule has 3 heteroatoms. The third-order valence-corrected chi connectivity index (χ3v) is 15.4. The molecule has 0 fully saturated rings. The number of aryl methyl sites for hydroxylation is 3. The standard InChI is InChI=1S/C32H37N2Si/c1-9-35(10-2,11-3)26-18-23-16-17-33(8)31-27-21(6)19(4)20(5)22(7)30(27)34-25-15-13-12-14-24(25)29(26)32(34)28(23)31/h12-18H,9-11H2,1-8H3/q+1. The van der Waals surface area contributed by atoms with Gasteiger partial charge in [-0.05, 0) is 66.6 Å². The molecule has 0 N–H and O–H groups in total. The highest BCUT2D eigenvalue weighted by molar-refractivity contribution is 6.93. The predicted molar refractivity (Wildman–Crippen MR) is 156 cm³/mol. The van der Waals surface area contributed by atoms with Gasteiger partial charge in [-0.1, -0.05) is 63.2 Å². The molecule has 6 aromatic rings. The molecule has 0 radical (unpaired) electrons. The molecule has 6 rings (SSSR count). The Kier molecular flexibility index (Phi) is 4.86. The van der Waals surface area contributed by atoms with Crippen molar-refractivity contribution in [3.8, 4) is 0 Å². The van der Waals surface area contributed by atoms with Crippen LogP contribution < -0.4 is 9.75 Å². The summed E-state index contributed by atoms with van der Waals surface area (Å²) in [5.74, 6) is 0. The molecule has 0 aliphatic carbocycles. The second-order valence-electron chi connectivity index (χ2n) is 10.8. The van der Waals surface area contributed by atoms with Crippen LogP contribution in [0, 0.1) is 27.7 Å². The van der Waals surface area contributed by atoms with E-state index in [1.807, 2.05) is 0 Å². The van der Waals surface area contributed by atoms with E-state index in [-0.39, 0.29) is 0 Å². The third kappa shape index (κ3) is 2.63. The van der Waals surface area contributed by atoms with E-state index in [0.717, 1.165) is 0 Å². The van der Waals surface area contributed by atoms with Crippen LogP contribution in [0.4, 0.5) is 0 Å². The lowest BCUT2D eigenvalue weighted by atomic mass is 9.91. The summed E-state index contributed by atoms with van der Waals surface area (Å²) in [6.45, 7) is 16.6. The van der Waals surface area contributed by atoms with Crippen LogP contribution in [0.1, 0.15) is 43.0 Å². The highest BCUT2D eigenvalue weighted by atomic mass is 28.3. The molecule has 3 heterocycles. The molecule has 0 bridgehead atoms. The predicted octanol–water partition coefficient (Wildman–Crippen LogP) is 7.76. The maximum Gasteiger partial charge on any atom is 0.224 e. The largest absolute Gasteiger partial charge is 0.307 e. The maximum atomic E-state index is 2.65. The monoisotopic (exact) mass is 477 g/mol. The summed E-state index contributed by atoms with van der Waals surface area (Å²) < 4.78 is 5.01. The molecule has 0 saturated heterocycles. The normalized spacial score (nSPS) is 12.9. The van der Waals surface area contributed by atoms with E-state index in [1.165, 1.54) is 89.4 Å². The summed E-state index contributed by atoms with van der Waals surface area (Å²) in [5, 5.41) is 8.86. The van der Waals surface area contributed by atoms with Crippen LogP contribution in [-0.4, -0.2) is 12.5 Å². The van der Waals surface area contributed by atoms with Gasteiger partial charge in [0.2, 0.25) is 5.52 Å². The summed E-state index contributed by atoms with van der Waals surface area (Å²) in [7, 11) is 0.584. The van der Waals surface area contributed by atoms with Crippen molar-refractivity contribution in [2.75, 3.05) is 0 Å². The molecule has 0 atom stereocenters. The molecule has 0 saturated carbocycles. The number of hydrogen-bond donors (Lipinski definition) is 0. The minimum Gasteiger partial charge on any atom is -0.307 e. The minimum absolute atomic E-state index is 1.29. The Bertz CT molecular complexity index is 1790. The number of benzene rings is 3. The second kappa shape index (κ2) is 7.54. The molecule has 3 aromatic heterocycles. The van der Waals surface area contributed by atoms with Crippen LogP contribution in [-0.2, 0) is 7.05 Å². The smallest absolute Gasteiger partial charge is 0.224 e. The summed E-state index contributed by atoms with van der Waals surface area (Å²) in [6.07, 6.45) is 2.28. The molecule has 0 unspecified atom stereocenters. The minimum atomic E-state index is -1.64. The van der Waals surface area contributed by atoms with Crippen molar-refractivity contribution in [3.63, 3.8) is 0 Å². The van der Waals surface area contributed by atoms with E-state index in [9.17, 15) is 0 Å². The van der Waals surface area contributed by atoms with E-state index in [1.54, 1.807) is 5.19 Å². The Morgan fingerprint density at radius 3 is 2.09 bits per heavy atom. The van der Waals surface area contributed by atoms with Gasteiger partial charge in [-0.15, -0.1) is 0 Å². The van der Waals surface area contributed by atoms with Crippen LogP contribution in [0.15, 0.2) is 42.6 Å². The van der Waals surface area contributed by atoms with E-state index >= 15 is 0 Å². The van der Waals surface area contributed by atoms with Gasteiger partial charge in [-0.3, -0.25) is 0 Å². The zero-order valence-electron chi connectivity index (χ0n) is 22.6. The Labute approximate surface area is 209 Å². The fourth-order valence-corrected chi connectivity index (χ4v) is 11.0. The van der Waals surface area contributed by atoms with Crippen molar-refractivity contribution in [2.24, 2.45) is 7.05 Å². The van der Waals surface area contributed by atoms with Gasteiger partial charge in [-0.2, -0.15) is 0 Å². The van der Waals surface area contributed by atoms with Crippen LogP contribution in [0.25, 0.3) is 49.0 Å². The molecule has 178 valence electrons. The average Bonchev–Trinajstić information content (AvgIpc) is 3.23. The van der Waals surface area contributed by atoms with Crippen molar-refractivity contribution >= 4 is 62.3 Å². The first-order valence-corrected chi connectivity index (χ1v) is 15.9. The van der Waals surface area contributed by atoms with Gasteiger partial charge in [-0.25, -0.2) is 4.57 Å². The van der Waals surface area contributed by atoms with E-state index in [4.69, 9.17) is 0 Å². The van der Waals surface area contributed by atoms with E-state index < -0.39 is 8.07 Å². The van der Waals surface area contributed by atoms with Crippen LogP contribution in [0.3, 0.4) is 0 Å². The fourth-order valence-electron chi connectivity index (χ4n) is 7.14. The fraction of sp³-hybridized carbons (Fsp3) is 0.344. The molecule has 3 aromatic carbocycles. The molecule has 0 spiro atoms. The van der Waals surface area contributed by atoms with Crippen molar-refractivity contribution in [1.29, 1.82) is 0 Å². The number of hydrogen-bond acceptors (Lipinski definition) is 0. The summed E-state index contributed by atoms with van der Waals surface area (Å²) in [6, 6.07) is 18.0. The quantitative estimate of drug-likeness (QED) is 0.106.